The van der Waals surface area contributed by atoms with E-state index < -0.39 is 12.6 Å². The van der Waals surface area contributed by atoms with Gasteiger partial charge in [-0.2, -0.15) is 8.78 Å². The Bertz CT molecular complexity index is 903. The highest BCUT2D eigenvalue weighted by molar-refractivity contribution is 6.12. The lowest BCUT2D eigenvalue weighted by Gasteiger charge is -2.08. The van der Waals surface area contributed by atoms with E-state index in [-0.39, 0.29) is 17.3 Å². The van der Waals surface area contributed by atoms with Crippen molar-refractivity contribution in [1.29, 1.82) is 0 Å². The number of carbonyl (C=O) groups is 1. The van der Waals surface area contributed by atoms with E-state index >= 15 is 0 Å². The summed E-state index contributed by atoms with van der Waals surface area (Å²) in [5.41, 5.74) is 1.39. The van der Waals surface area contributed by atoms with Crippen LogP contribution in [0.15, 0.2) is 59.2 Å². The predicted octanol–water partition coefficient (Wildman–Crippen LogP) is 5.06. The third-order valence-electron chi connectivity index (χ3n) is 4.09. The molecule has 0 aromatic heterocycles. The van der Waals surface area contributed by atoms with Gasteiger partial charge < -0.3 is 14.2 Å². The Morgan fingerprint density at radius 2 is 1.69 bits per heavy atom. The van der Waals surface area contributed by atoms with E-state index in [1.165, 1.54) is 18.2 Å². The smallest absolute Gasteiger partial charge is 0.387 e. The van der Waals surface area contributed by atoms with Crippen molar-refractivity contribution in [3.8, 4) is 11.5 Å². The van der Waals surface area contributed by atoms with Crippen LogP contribution in [0.1, 0.15) is 31.4 Å². The first-order chi connectivity index (χ1) is 13.9. The number of rotatable bonds is 8. The summed E-state index contributed by atoms with van der Waals surface area (Å²) < 4.78 is 39.6. The van der Waals surface area contributed by atoms with E-state index in [4.69, 9.17) is 9.47 Å². The van der Waals surface area contributed by atoms with E-state index in [1.807, 2.05) is 0 Å². The van der Waals surface area contributed by atoms with Gasteiger partial charge in [0.2, 0.25) is 5.90 Å². The number of alkyl halides is 2. The number of nitrogens with zero attached hydrogens (tertiary/aromatic N) is 1. The summed E-state index contributed by atoms with van der Waals surface area (Å²) in [4.78, 5) is 16.3. The monoisotopic (exact) mass is 401 g/mol. The summed E-state index contributed by atoms with van der Waals surface area (Å²) in [6.45, 7) is 2.02. The quantitative estimate of drug-likeness (QED) is 0.458. The molecule has 0 fully saturated rings. The highest BCUT2D eigenvalue weighted by Gasteiger charge is 2.24. The van der Waals surface area contributed by atoms with Gasteiger partial charge in [-0.3, -0.25) is 0 Å². The topological polar surface area (TPSA) is 57.1 Å². The Morgan fingerprint density at radius 3 is 2.31 bits per heavy atom. The number of aliphatic imine (C=N–C) groups is 1. The zero-order chi connectivity index (χ0) is 20.8. The van der Waals surface area contributed by atoms with Crippen LogP contribution in [0.25, 0.3) is 6.08 Å². The molecule has 1 heterocycles. The summed E-state index contributed by atoms with van der Waals surface area (Å²) in [5, 5.41) is 0. The minimum atomic E-state index is -2.89. The van der Waals surface area contributed by atoms with E-state index in [0.717, 1.165) is 12.2 Å². The molecule has 0 spiro atoms. The second-order valence-electron chi connectivity index (χ2n) is 6.84. The van der Waals surface area contributed by atoms with Crippen LogP contribution in [-0.4, -0.2) is 25.1 Å². The standard InChI is InChI=1S/C22H21F2NO4/c1-14(2)11-12-27-17-9-5-16(6-10-17)20-25-19(21(26)29-20)13-15-3-7-18(8-4-15)28-22(23)24/h3-10,13-14,22H,11-12H2,1-2H3. The molecule has 29 heavy (non-hydrogen) atoms. The normalized spacial score (nSPS) is 15.0. The number of ether oxygens (including phenoxy) is 3. The van der Waals surface area contributed by atoms with Crippen molar-refractivity contribution in [2.24, 2.45) is 10.9 Å². The molecular weight excluding hydrogens is 380 g/mol. The molecule has 0 N–H and O–H groups in total. The van der Waals surface area contributed by atoms with Gasteiger partial charge in [-0.1, -0.05) is 26.0 Å². The van der Waals surface area contributed by atoms with Crippen molar-refractivity contribution >= 4 is 17.9 Å². The fourth-order valence-electron chi connectivity index (χ4n) is 2.54. The maximum absolute atomic E-state index is 12.2. The van der Waals surface area contributed by atoms with Gasteiger partial charge in [-0.25, -0.2) is 9.79 Å². The van der Waals surface area contributed by atoms with Crippen LogP contribution in [0.2, 0.25) is 0 Å². The number of hydrogen-bond donors (Lipinski definition) is 0. The van der Waals surface area contributed by atoms with Crippen molar-refractivity contribution < 1.29 is 27.8 Å². The Morgan fingerprint density at radius 1 is 1.03 bits per heavy atom. The van der Waals surface area contributed by atoms with Gasteiger partial charge in [-0.15, -0.1) is 0 Å². The van der Waals surface area contributed by atoms with Crippen LogP contribution in [0.5, 0.6) is 11.5 Å². The van der Waals surface area contributed by atoms with Crippen molar-refractivity contribution in [3.63, 3.8) is 0 Å². The van der Waals surface area contributed by atoms with Gasteiger partial charge in [0.05, 0.1) is 6.61 Å². The van der Waals surface area contributed by atoms with Gasteiger partial charge in [0, 0.05) is 5.56 Å². The van der Waals surface area contributed by atoms with Crippen LogP contribution >= 0.6 is 0 Å². The molecule has 1 aliphatic heterocycles. The van der Waals surface area contributed by atoms with E-state index in [9.17, 15) is 13.6 Å². The molecule has 1 aliphatic rings. The SMILES string of the molecule is CC(C)CCOc1ccc(C2=NC(=Cc3ccc(OC(F)F)cc3)C(=O)O2)cc1. The van der Waals surface area contributed by atoms with Crippen LogP contribution in [0.3, 0.4) is 0 Å². The fourth-order valence-corrected chi connectivity index (χ4v) is 2.54. The van der Waals surface area contributed by atoms with Crippen LogP contribution in [0, 0.1) is 5.92 Å². The number of hydrogen-bond acceptors (Lipinski definition) is 5. The van der Waals surface area contributed by atoms with Crippen LogP contribution < -0.4 is 9.47 Å². The fraction of sp³-hybridized carbons (Fsp3) is 0.273. The average molecular weight is 401 g/mol. The molecule has 0 unspecified atom stereocenters. The first-order valence-electron chi connectivity index (χ1n) is 9.21. The number of cyclic esters (lactones) is 1. The summed E-state index contributed by atoms with van der Waals surface area (Å²) in [6.07, 6.45) is 2.49. The molecule has 3 rings (SSSR count). The molecule has 2 aromatic rings. The molecule has 0 bridgehead atoms. The molecule has 0 atom stereocenters. The van der Waals surface area contributed by atoms with Crippen molar-refractivity contribution in [2.45, 2.75) is 26.9 Å². The lowest BCUT2D eigenvalue weighted by Crippen LogP contribution is -2.06. The Hall–Kier alpha value is -3.22. The first kappa shape index (κ1) is 20.5. The van der Waals surface area contributed by atoms with Crippen LogP contribution in [0.4, 0.5) is 8.78 Å². The number of halogens is 2. The average Bonchev–Trinajstić information content (AvgIpc) is 3.04. The Kier molecular flexibility index (Phi) is 6.59. The summed E-state index contributed by atoms with van der Waals surface area (Å²) in [5.74, 6) is 0.967. The lowest BCUT2D eigenvalue weighted by molar-refractivity contribution is -0.129. The minimum absolute atomic E-state index is 0.0380. The third kappa shape index (κ3) is 5.88. The van der Waals surface area contributed by atoms with Gasteiger partial charge in [0.1, 0.15) is 11.5 Å². The maximum atomic E-state index is 12.2. The minimum Gasteiger partial charge on any atom is -0.494 e. The Labute approximate surface area is 167 Å². The molecule has 0 amide bonds. The van der Waals surface area contributed by atoms with E-state index in [1.54, 1.807) is 36.4 Å². The summed E-state index contributed by atoms with van der Waals surface area (Å²) in [6, 6.07) is 13.0. The summed E-state index contributed by atoms with van der Waals surface area (Å²) in [7, 11) is 0. The maximum Gasteiger partial charge on any atom is 0.387 e. The van der Waals surface area contributed by atoms with Gasteiger partial charge in [-0.05, 0) is 60.4 Å². The van der Waals surface area contributed by atoms with Gasteiger partial charge >= 0.3 is 12.6 Å². The summed E-state index contributed by atoms with van der Waals surface area (Å²) >= 11 is 0. The highest BCUT2D eigenvalue weighted by atomic mass is 19.3. The van der Waals surface area contributed by atoms with E-state index in [2.05, 4.69) is 23.6 Å². The number of esters is 1. The largest absolute Gasteiger partial charge is 0.494 e. The molecule has 0 aliphatic carbocycles. The molecule has 0 saturated heterocycles. The zero-order valence-electron chi connectivity index (χ0n) is 16.1. The zero-order valence-corrected chi connectivity index (χ0v) is 16.1. The third-order valence-corrected chi connectivity index (χ3v) is 4.09. The van der Waals surface area contributed by atoms with Crippen molar-refractivity contribution in [3.05, 3.63) is 65.4 Å². The molecule has 2 aromatic carbocycles. The molecule has 7 heteroatoms. The first-order valence-corrected chi connectivity index (χ1v) is 9.21. The molecule has 0 saturated carbocycles. The van der Waals surface area contributed by atoms with Crippen molar-refractivity contribution in [1.82, 2.24) is 0 Å². The van der Waals surface area contributed by atoms with E-state index in [0.29, 0.717) is 23.7 Å². The second-order valence-corrected chi connectivity index (χ2v) is 6.84. The predicted molar refractivity (Wildman–Crippen MR) is 105 cm³/mol. The molecule has 0 radical (unpaired) electrons. The van der Waals surface area contributed by atoms with Crippen LogP contribution in [-0.2, 0) is 9.53 Å². The van der Waals surface area contributed by atoms with Gasteiger partial charge in [0.25, 0.3) is 0 Å². The van der Waals surface area contributed by atoms with Crippen molar-refractivity contribution in [2.75, 3.05) is 6.61 Å². The highest BCUT2D eigenvalue weighted by Crippen LogP contribution is 2.22. The molecule has 152 valence electrons. The molecular formula is C22H21F2NO4. The number of carbonyl (C=O) groups excluding carboxylic acids is 1. The second kappa shape index (κ2) is 9.32. The molecule has 5 nitrogen and oxygen atoms in total. The Balaban J connectivity index is 1.68. The lowest BCUT2D eigenvalue weighted by atomic mass is 10.1. The number of benzene rings is 2. The van der Waals surface area contributed by atoms with Gasteiger partial charge in [0.15, 0.2) is 5.70 Å².